The van der Waals surface area contributed by atoms with Crippen molar-refractivity contribution in [3.63, 3.8) is 0 Å². The second-order valence-electron chi connectivity index (χ2n) is 9.41. The van der Waals surface area contributed by atoms with E-state index in [1.165, 1.54) is 32.7 Å². The maximum Gasteiger partial charge on any atom is 0.250 e. The smallest absolute Gasteiger partial charge is 0.232 e. The van der Waals surface area contributed by atoms with Gasteiger partial charge < -0.3 is 0 Å². The number of pyridine rings is 2. The predicted molar refractivity (Wildman–Crippen MR) is 147 cm³/mol. The van der Waals surface area contributed by atoms with E-state index in [1.54, 1.807) is 0 Å². The normalized spacial score (nSPS) is 11.4. The molecule has 6 heteroatoms. The zero-order valence-electron chi connectivity index (χ0n) is 20.8. The Labute approximate surface area is 220 Å². The van der Waals surface area contributed by atoms with E-state index in [4.69, 9.17) is 0 Å². The second kappa shape index (κ2) is 9.41. The number of imidazole rings is 2. The average molecular weight is 495 g/mol. The van der Waals surface area contributed by atoms with Crippen LogP contribution in [0.15, 0.2) is 135 Å². The molecule has 0 spiro atoms. The van der Waals surface area contributed by atoms with Gasteiger partial charge >= 0.3 is 0 Å². The van der Waals surface area contributed by atoms with E-state index < -0.39 is 0 Å². The fraction of sp³-hybridized carbons (Fsp3) is 0.0625. The van der Waals surface area contributed by atoms with Gasteiger partial charge in [-0.05, 0) is 33.7 Å². The highest BCUT2D eigenvalue weighted by atomic mass is 15.2. The molecule has 7 rings (SSSR count). The highest BCUT2D eigenvalue weighted by Crippen LogP contribution is 2.33. The second-order valence-corrected chi connectivity index (χ2v) is 9.41. The molecule has 0 bridgehead atoms. The van der Waals surface area contributed by atoms with Crippen LogP contribution in [-0.4, -0.2) is 19.1 Å². The molecule has 4 heterocycles. The van der Waals surface area contributed by atoms with Crippen LogP contribution in [0.2, 0.25) is 0 Å². The fourth-order valence-corrected chi connectivity index (χ4v) is 5.27. The van der Waals surface area contributed by atoms with E-state index >= 15 is 0 Å². The number of benzene rings is 3. The van der Waals surface area contributed by atoms with Crippen molar-refractivity contribution in [2.45, 2.75) is 13.1 Å². The molecule has 0 N–H and O–H groups in total. The van der Waals surface area contributed by atoms with Crippen LogP contribution in [-0.2, 0) is 13.1 Å². The summed E-state index contributed by atoms with van der Waals surface area (Å²) in [6, 6.07) is 29.5. The third kappa shape index (κ3) is 4.02. The molecule has 3 aromatic carbocycles. The number of fused-ring (bicyclic) bond motifs is 2. The van der Waals surface area contributed by atoms with Crippen molar-refractivity contribution in [3.05, 3.63) is 146 Å². The Morgan fingerprint density at radius 2 is 0.895 bits per heavy atom. The molecule has 0 saturated heterocycles. The minimum atomic E-state index is 0.768. The third-order valence-electron chi connectivity index (χ3n) is 7.05. The van der Waals surface area contributed by atoms with E-state index in [9.17, 15) is 0 Å². The molecular weight excluding hydrogens is 468 g/mol. The van der Waals surface area contributed by atoms with Crippen molar-refractivity contribution in [1.82, 2.24) is 19.1 Å². The molecule has 0 radical (unpaired) electrons. The summed E-state index contributed by atoms with van der Waals surface area (Å²) >= 11 is 0. The summed E-state index contributed by atoms with van der Waals surface area (Å²) < 4.78 is 8.57. The van der Waals surface area contributed by atoms with Gasteiger partial charge in [0.15, 0.2) is 0 Å². The largest absolute Gasteiger partial charge is 0.250 e. The quantitative estimate of drug-likeness (QED) is 0.240. The molecule has 0 fully saturated rings. The van der Waals surface area contributed by atoms with Crippen LogP contribution < -0.4 is 9.13 Å². The summed E-state index contributed by atoms with van der Waals surface area (Å²) in [7, 11) is 0. The van der Waals surface area contributed by atoms with Gasteiger partial charge in [-0.25, -0.2) is 19.1 Å². The van der Waals surface area contributed by atoms with Gasteiger partial charge in [0.25, 0.3) is 12.7 Å². The monoisotopic (exact) mass is 494 g/mol. The fourth-order valence-electron chi connectivity index (χ4n) is 5.27. The molecule has 6 nitrogen and oxygen atoms in total. The number of nitrogens with zero attached hydrogens (tertiary/aromatic N) is 6. The van der Waals surface area contributed by atoms with Gasteiger partial charge in [0.2, 0.25) is 11.6 Å². The van der Waals surface area contributed by atoms with Gasteiger partial charge in [0.05, 0.1) is 0 Å². The number of rotatable bonds is 6. The van der Waals surface area contributed by atoms with Crippen molar-refractivity contribution in [1.29, 1.82) is 0 Å². The number of hydrogen-bond acceptors (Lipinski definition) is 2. The lowest BCUT2D eigenvalue weighted by molar-refractivity contribution is -0.687. The molecule has 0 atom stereocenters. The van der Waals surface area contributed by atoms with Crippen molar-refractivity contribution in [2.24, 2.45) is 0 Å². The summed E-state index contributed by atoms with van der Waals surface area (Å²) in [5.74, 6) is 1.82. The zero-order valence-corrected chi connectivity index (χ0v) is 20.8. The molecule has 0 unspecified atom stereocenters. The first-order valence-electron chi connectivity index (χ1n) is 12.7. The molecule has 0 amide bonds. The van der Waals surface area contributed by atoms with Crippen LogP contribution in [0.5, 0.6) is 0 Å². The Balaban J connectivity index is 1.32. The van der Waals surface area contributed by atoms with Crippen LogP contribution >= 0.6 is 0 Å². The summed E-state index contributed by atoms with van der Waals surface area (Å²) in [6.07, 6.45) is 16.2. The van der Waals surface area contributed by atoms with E-state index in [2.05, 4.69) is 114 Å². The first-order chi connectivity index (χ1) is 18.8. The lowest BCUT2D eigenvalue weighted by Gasteiger charge is -2.15. The maximum atomic E-state index is 4.48. The highest BCUT2D eigenvalue weighted by Gasteiger charge is 2.18. The summed E-state index contributed by atoms with van der Waals surface area (Å²) in [5, 5.41) is 5.13. The molecular formula is C32H26N6+2. The summed E-state index contributed by atoms with van der Waals surface area (Å²) in [4.78, 5) is 8.97. The minimum absolute atomic E-state index is 0.768. The minimum Gasteiger partial charge on any atom is -0.232 e. The molecule has 4 aromatic heterocycles. The SMILES string of the molecule is c1ccc(-n2cc[n+](Cc3c4ccccc4c(C[n+]4ccn(-c5ccccn5)c4)c4ccccc34)c2)nc1. The lowest BCUT2D eigenvalue weighted by atomic mass is 9.91. The topological polar surface area (TPSA) is 43.4 Å². The molecule has 0 aliphatic rings. The average Bonchev–Trinajstić information content (AvgIpc) is 3.66. The first-order valence-corrected chi connectivity index (χ1v) is 12.7. The Morgan fingerprint density at radius 3 is 1.26 bits per heavy atom. The van der Waals surface area contributed by atoms with Gasteiger partial charge in [-0.3, -0.25) is 0 Å². The Morgan fingerprint density at radius 1 is 0.500 bits per heavy atom. The van der Waals surface area contributed by atoms with Crippen LogP contribution in [0, 0.1) is 0 Å². The highest BCUT2D eigenvalue weighted by molar-refractivity contribution is 6.05. The van der Waals surface area contributed by atoms with E-state index in [0.717, 1.165) is 24.7 Å². The number of aromatic nitrogens is 6. The molecule has 7 aromatic rings. The van der Waals surface area contributed by atoms with Crippen LogP contribution in [0.1, 0.15) is 11.1 Å². The van der Waals surface area contributed by atoms with Crippen LogP contribution in [0.4, 0.5) is 0 Å². The standard InChI is InChI=1S/C32H26N6/c1-2-10-26-25(9-1)29(21-35-17-19-37(23-35)31-13-5-7-15-33-31)27-11-3-4-12-28(27)30(26)22-36-18-20-38(24-36)32-14-6-8-16-34-32/h1-20,23-24H,21-22H2/q+2. The first kappa shape index (κ1) is 22.1. The van der Waals surface area contributed by atoms with Crippen molar-refractivity contribution in [2.75, 3.05) is 0 Å². The van der Waals surface area contributed by atoms with Gasteiger partial charge in [-0.2, -0.15) is 9.13 Å². The van der Waals surface area contributed by atoms with Gasteiger partial charge in [-0.1, -0.05) is 60.7 Å². The molecule has 0 saturated carbocycles. The van der Waals surface area contributed by atoms with Crippen LogP contribution in [0.25, 0.3) is 33.2 Å². The predicted octanol–water partition coefficient (Wildman–Crippen LogP) is 5.04. The molecule has 0 aliphatic heterocycles. The zero-order chi connectivity index (χ0) is 25.3. The van der Waals surface area contributed by atoms with Crippen molar-refractivity contribution in [3.8, 4) is 11.6 Å². The summed E-state index contributed by atoms with van der Waals surface area (Å²) in [5.41, 5.74) is 2.64. The third-order valence-corrected chi connectivity index (χ3v) is 7.05. The van der Waals surface area contributed by atoms with Gasteiger partial charge in [0.1, 0.15) is 37.9 Å². The van der Waals surface area contributed by atoms with Crippen molar-refractivity contribution < 1.29 is 9.13 Å². The van der Waals surface area contributed by atoms with E-state index in [-0.39, 0.29) is 0 Å². The van der Waals surface area contributed by atoms with Crippen molar-refractivity contribution >= 4 is 21.5 Å². The van der Waals surface area contributed by atoms with Gasteiger partial charge in [-0.15, -0.1) is 0 Å². The molecule has 182 valence electrons. The Bertz CT molecular complexity index is 1670. The Hall–Kier alpha value is -5.10. The number of hydrogen-bond donors (Lipinski definition) is 0. The van der Waals surface area contributed by atoms with E-state index in [1.807, 2.05) is 48.8 Å². The van der Waals surface area contributed by atoms with E-state index in [0.29, 0.717) is 0 Å². The Kier molecular flexibility index (Phi) is 5.48. The van der Waals surface area contributed by atoms with Crippen LogP contribution in [0.3, 0.4) is 0 Å². The molecule has 38 heavy (non-hydrogen) atoms. The molecule has 0 aliphatic carbocycles. The maximum absolute atomic E-state index is 4.48. The summed E-state index contributed by atoms with van der Waals surface area (Å²) in [6.45, 7) is 1.54. The van der Waals surface area contributed by atoms with Gasteiger partial charge in [0, 0.05) is 35.7 Å². The lowest BCUT2D eigenvalue weighted by Crippen LogP contribution is -2.33.